The topological polar surface area (TPSA) is 32.3 Å². The molecule has 22 heavy (non-hydrogen) atoms. The number of carbonyl (C=O) groups excluding carboxylic acids is 1. The summed E-state index contributed by atoms with van der Waals surface area (Å²) in [6.45, 7) is 4.18. The van der Waals surface area contributed by atoms with Crippen LogP contribution in [0.25, 0.3) is 10.8 Å². The SMILES string of the molecule is CC(NC(=O)N(C)C(C)C1CC1)c1ccc2ccccc2c1. The number of urea groups is 1. The number of hydrogen-bond acceptors (Lipinski definition) is 1. The lowest BCUT2D eigenvalue weighted by atomic mass is 10.0. The van der Waals surface area contributed by atoms with E-state index in [-0.39, 0.29) is 12.1 Å². The molecule has 0 aromatic heterocycles. The van der Waals surface area contributed by atoms with Crippen LogP contribution in [0.3, 0.4) is 0 Å². The quantitative estimate of drug-likeness (QED) is 0.894. The van der Waals surface area contributed by atoms with Gasteiger partial charge in [0.05, 0.1) is 6.04 Å². The molecule has 116 valence electrons. The highest BCUT2D eigenvalue weighted by Crippen LogP contribution is 2.34. The van der Waals surface area contributed by atoms with E-state index in [2.05, 4.69) is 42.6 Å². The predicted octanol–water partition coefficient (Wildman–Crippen LogP) is 4.34. The van der Waals surface area contributed by atoms with Crippen LogP contribution in [-0.4, -0.2) is 24.0 Å². The van der Waals surface area contributed by atoms with Crippen molar-refractivity contribution in [3.63, 3.8) is 0 Å². The second kappa shape index (κ2) is 5.99. The van der Waals surface area contributed by atoms with E-state index in [4.69, 9.17) is 0 Å². The summed E-state index contributed by atoms with van der Waals surface area (Å²) < 4.78 is 0. The van der Waals surface area contributed by atoms with E-state index in [9.17, 15) is 4.79 Å². The molecule has 0 heterocycles. The Morgan fingerprint density at radius 2 is 1.82 bits per heavy atom. The molecule has 2 unspecified atom stereocenters. The van der Waals surface area contributed by atoms with Crippen LogP contribution in [0.2, 0.25) is 0 Å². The molecule has 2 aromatic rings. The Morgan fingerprint density at radius 3 is 2.50 bits per heavy atom. The van der Waals surface area contributed by atoms with Gasteiger partial charge < -0.3 is 10.2 Å². The summed E-state index contributed by atoms with van der Waals surface area (Å²) in [7, 11) is 1.89. The average molecular weight is 296 g/mol. The summed E-state index contributed by atoms with van der Waals surface area (Å²) >= 11 is 0. The fraction of sp³-hybridized carbons (Fsp3) is 0.421. The zero-order valence-corrected chi connectivity index (χ0v) is 13.5. The van der Waals surface area contributed by atoms with Gasteiger partial charge >= 0.3 is 6.03 Å². The first-order chi connectivity index (χ1) is 10.6. The van der Waals surface area contributed by atoms with E-state index in [1.807, 2.05) is 31.0 Å². The van der Waals surface area contributed by atoms with Crippen molar-refractivity contribution in [2.75, 3.05) is 7.05 Å². The van der Waals surface area contributed by atoms with Crippen LogP contribution >= 0.6 is 0 Å². The van der Waals surface area contributed by atoms with Crippen LogP contribution in [0.1, 0.15) is 38.3 Å². The van der Waals surface area contributed by atoms with Crippen molar-refractivity contribution in [3.05, 3.63) is 48.0 Å². The molecule has 0 aliphatic heterocycles. The Morgan fingerprint density at radius 1 is 1.14 bits per heavy atom. The Hall–Kier alpha value is -2.03. The number of benzene rings is 2. The van der Waals surface area contributed by atoms with Crippen molar-refractivity contribution in [1.29, 1.82) is 0 Å². The largest absolute Gasteiger partial charge is 0.331 e. The Balaban J connectivity index is 1.69. The lowest BCUT2D eigenvalue weighted by Crippen LogP contribution is -2.44. The van der Waals surface area contributed by atoms with Gasteiger partial charge in [0.15, 0.2) is 0 Å². The van der Waals surface area contributed by atoms with Crippen LogP contribution in [-0.2, 0) is 0 Å². The highest BCUT2D eigenvalue weighted by molar-refractivity contribution is 5.83. The van der Waals surface area contributed by atoms with Gasteiger partial charge in [-0.25, -0.2) is 4.79 Å². The Labute approximate surface area is 132 Å². The number of nitrogens with one attached hydrogen (secondary N) is 1. The highest BCUT2D eigenvalue weighted by atomic mass is 16.2. The van der Waals surface area contributed by atoms with Gasteiger partial charge in [-0.1, -0.05) is 36.4 Å². The molecule has 3 heteroatoms. The van der Waals surface area contributed by atoms with E-state index < -0.39 is 0 Å². The molecule has 0 radical (unpaired) electrons. The maximum absolute atomic E-state index is 12.4. The number of hydrogen-bond donors (Lipinski definition) is 1. The third-order valence-electron chi connectivity index (χ3n) is 4.85. The molecular formula is C19H24N2O. The van der Waals surface area contributed by atoms with Crippen LogP contribution in [0.4, 0.5) is 4.79 Å². The third kappa shape index (κ3) is 3.08. The molecule has 1 aliphatic carbocycles. The summed E-state index contributed by atoms with van der Waals surface area (Å²) in [6.07, 6.45) is 2.50. The molecule has 0 saturated heterocycles. The third-order valence-corrected chi connectivity index (χ3v) is 4.85. The zero-order valence-electron chi connectivity index (χ0n) is 13.5. The number of nitrogens with zero attached hydrogens (tertiary/aromatic N) is 1. The number of amides is 2. The second-order valence-electron chi connectivity index (χ2n) is 6.47. The van der Waals surface area contributed by atoms with E-state index in [1.54, 1.807) is 0 Å². The molecule has 3 rings (SSSR count). The lowest BCUT2D eigenvalue weighted by molar-refractivity contribution is 0.185. The van der Waals surface area contributed by atoms with Gasteiger partial charge in [-0.2, -0.15) is 0 Å². The van der Waals surface area contributed by atoms with Crippen molar-refractivity contribution >= 4 is 16.8 Å². The van der Waals surface area contributed by atoms with Gasteiger partial charge in [0, 0.05) is 13.1 Å². The molecule has 0 spiro atoms. The van der Waals surface area contributed by atoms with Crippen LogP contribution < -0.4 is 5.32 Å². The monoisotopic (exact) mass is 296 g/mol. The Kier molecular flexibility index (Phi) is 4.06. The molecule has 1 fully saturated rings. The molecule has 1 saturated carbocycles. The lowest BCUT2D eigenvalue weighted by Gasteiger charge is -2.27. The maximum Gasteiger partial charge on any atom is 0.317 e. The number of rotatable bonds is 4. The van der Waals surface area contributed by atoms with E-state index in [1.165, 1.54) is 23.6 Å². The van der Waals surface area contributed by atoms with Crippen molar-refractivity contribution in [3.8, 4) is 0 Å². The first-order valence-electron chi connectivity index (χ1n) is 8.08. The molecule has 2 aromatic carbocycles. The summed E-state index contributed by atoms with van der Waals surface area (Å²) in [5.41, 5.74) is 1.14. The van der Waals surface area contributed by atoms with Crippen LogP contribution in [0.5, 0.6) is 0 Å². The number of fused-ring (bicyclic) bond motifs is 1. The molecule has 0 bridgehead atoms. The summed E-state index contributed by atoms with van der Waals surface area (Å²) in [5.74, 6) is 0.687. The van der Waals surface area contributed by atoms with Gasteiger partial charge in [0.1, 0.15) is 0 Å². The first kappa shape index (κ1) is 14.9. The second-order valence-corrected chi connectivity index (χ2v) is 6.47. The van der Waals surface area contributed by atoms with E-state index >= 15 is 0 Å². The minimum atomic E-state index is 0.00552. The average Bonchev–Trinajstić information content (AvgIpc) is 3.37. The van der Waals surface area contributed by atoms with Crippen LogP contribution in [0, 0.1) is 5.92 Å². The summed E-state index contributed by atoms with van der Waals surface area (Å²) in [6, 6.07) is 15.0. The molecule has 2 atom stereocenters. The van der Waals surface area contributed by atoms with Gasteiger partial charge in [-0.05, 0) is 55.0 Å². The molecule has 3 nitrogen and oxygen atoms in total. The van der Waals surface area contributed by atoms with Crippen molar-refractivity contribution in [2.45, 2.75) is 38.8 Å². The number of carbonyl (C=O) groups is 1. The maximum atomic E-state index is 12.4. The van der Waals surface area contributed by atoms with Gasteiger partial charge in [-0.3, -0.25) is 0 Å². The first-order valence-corrected chi connectivity index (χ1v) is 8.08. The summed E-state index contributed by atoms with van der Waals surface area (Å²) in [4.78, 5) is 14.2. The smallest absolute Gasteiger partial charge is 0.317 e. The predicted molar refractivity (Wildman–Crippen MR) is 90.8 cm³/mol. The van der Waals surface area contributed by atoms with Gasteiger partial charge in [0.2, 0.25) is 0 Å². The highest BCUT2D eigenvalue weighted by Gasteiger charge is 2.32. The van der Waals surface area contributed by atoms with Crippen molar-refractivity contribution < 1.29 is 4.79 Å². The fourth-order valence-corrected chi connectivity index (χ4v) is 2.93. The zero-order chi connectivity index (χ0) is 15.7. The van der Waals surface area contributed by atoms with Gasteiger partial charge in [-0.15, -0.1) is 0 Å². The minimum absolute atomic E-state index is 0.00552. The van der Waals surface area contributed by atoms with Gasteiger partial charge in [0.25, 0.3) is 0 Å². The molecule has 1 N–H and O–H groups in total. The van der Waals surface area contributed by atoms with Crippen LogP contribution in [0.15, 0.2) is 42.5 Å². The minimum Gasteiger partial charge on any atom is -0.331 e. The Bertz CT molecular complexity index is 678. The van der Waals surface area contributed by atoms with Crippen molar-refractivity contribution in [1.82, 2.24) is 10.2 Å². The van der Waals surface area contributed by atoms with Crippen molar-refractivity contribution in [2.24, 2.45) is 5.92 Å². The fourth-order valence-electron chi connectivity index (χ4n) is 2.93. The standard InChI is InChI=1S/C19H24N2O/c1-13(20-19(22)21(3)14(2)15-8-9-15)17-11-10-16-6-4-5-7-18(16)12-17/h4-7,10-15H,8-9H2,1-3H3,(H,20,22). The summed E-state index contributed by atoms with van der Waals surface area (Å²) in [5, 5.41) is 5.55. The van der Waals surface area contributed by atoms with E-state index in [0.717, 1.165) is 5.56 Å². The molecule has 1 aliphatic rings. The normalized spacial score (nSPS) is 17.0. The molecule has 2 amide bonds. The van der Waals surface area contributed by atoms with E-state index in [0.29, 0.717) is 12.0 Å². The molecular weight excluding hydrogens is 272 g/mol.